The van der Waals surface area contributed by atoms with Crippen LogP contribution in [0.2, 0.25) is 0 Å². The number of nitrogens with one attached hydrogen (secondary N) is 1. The molecular weight excluding hydrogens is 180 g/mol. The predicted octanol–water partition coefficient (Wildman–Crippen LogP) is 1.69. The standard InChI is InChI=1S/C10H10N2O2/c13-9-2-1-3-10(4-9)14-7-8-5-11-12-6-8/h1-6,13H,7H2,(H,11,12). The number of hydrogen-bond acceptors (Lipinski definition) is 3. The van der Waals surface area contributed by atoms with E-state index >= 15 is 0 Å². The third-order valence-electron chi connectivity index (χ3n) is 1.78. The molecule has 0 aliphatic carbocycles. The average Bonchev–Trinajstić information content (AvgIpc) is 2.67. The van der Waals surface area contributed by atoms with Crippen LogP contribution in [0.3, 0.4) is 0 Å². The highest BCUT2D eigenvalue weighted by Gasteiger charge is 1.97. The maximum Gasteiger partial charge on any atom is 0.123 e. The average molecular weight is 190 g/mol. The Morgan fingerprint density at radius 1 is 1.43 bits per heavy atom. The molecule has 0 bridgehead atoms. The maximum atomic E-state index is 9.17. The molecule has 0 atom stereocenters. The minimum atomic E-state index is 0.203. The molecule has 0 saturated carbocycles. The molecule has 72 valence electrons. The molecule has 0 unspecified atom stereocenters. The normalized spacial score (nSPS) is 10.0. The van der Waals surface area contributed by atoms with Crippen molar-refractivity contribution in [1.82, 2.24) is 10.2 Å². The Morgan fingerprint density at radius 2 is 2.36 bits per heavy atom. The van der Waals surface area contributed by atoms with E-state index in [1.54, 1.807) is 36.7 Å². The van der Waals surface area contributed by atoms with Gasteiger partial charge in [0.1, 0.15) is 18.1 Å². The van der Waals surface area contributed by atoms with Crippen molar-refractivity contribution < 1.29 is 9.84 Å². The highest BCUT2D eigenvalue weighted by Crippen LogP contribution is 2.18. The largest absolute Gasteiger partial charge is 0.508 e. The number of phenols is 1. The first-order valence-electron chi connectivity index (χ1n) is 4.24. The molecule has 0 radical (unpaired) electrons. The fourth-order valence-electron chi connectivity index (χ4n) is 1.10. The van der Waals surface area contributed by atoms with Gasteiger partial charge in [-0.2, -0.15) is 5.10 Å². The lowest BCUT2D eigenvalue weighted by molar-refractivity contribution is 0.304. The molecule has 4 nitrogen and oxygen atoms in total. The Hall–Kier alpha value is -1.97. The lowest BCUT2D eigenvalue weighted by Gasteiger charge is -2.03. The van der Waals surface area contributed by atoms with Gasteiger partial charge in [-0.15, -0.1) is 0 Å². The number of aromatic nitrogens is 2. The van der Waals surface area contributed by atoms with Crippen molar-refractivity contribution in [2.75, 3.05) is 0 Å². The van der Waals surface area contributed by atoms with Crippen molar-refractivity contribution in [2.24, 2.45) is 0 Å². The van der Waals surface area contributed by atoms with Crippen LogP contribution in [0.25, 0.3) is 0 Å². The Kier molecular flexibility index (Phi) is 2.36. The van der Waals surface area contributed by atoms with Crippen LogP contribution in [0.1, 0.15) is 5.56 Å². The second kappa shape index (κ2) is 3.83. The molecule has 0 fully saturated rings. The van der Waals surface area contributed by atoms with E-state index in [0.29, 0.717) is 12.4 Å². The van der Waals surface area contributed by atoms with Crippen LogP contribution in [0, 0.1) is 0 Å². The van der Waals surface area contributed by atoms with Crippen molar-refractivity contribution in [3.63, 3.8) is 0 Å². The molecule has 0 spiro atoms. The zero-order valence-corrected chi connectivity index (χ0v) is 7.47. The van der Waals surface area contributed by atoms with Crippen molar-refractivity contribution >= 4 is 0 Å². The highest BCUT2D eigenvalue weighted by atomic mass is 16.5. The van der Waals surface area contributed by atoms with Gasteiger partial charge in [-0.05, 0) is 12.1 Å². The molecule has 1 aromatic carbocycles. The van der Waals surface area contributed by atoms with Crippen molar-refractivity contribution in [3.05, 3.63) is 42.2 Å². The molecule has 2 aromatic rings. The zero-order chi connectivity index (χ0) is 9.80. The molecule has 0 saturated heterocycles. The summed E-state index contributed by atoms with van der Waals surface area (Å²) in [4.78, 5) is 0. The molecule has 2 N–H and O–H groups in total. The topological polar surface area (TPSA) is 58.1 Å². The van der Waals surface area contributed by atoms with E-state index < -0.39 is 0 Å². The van der Waals surface area contributed by atoms with Gasteiger partial charge < -0.3 is 9.84 Å². The van der Waals surface area contributed by atoms with Gasteiger partial charge in [0, 0.05) is 17.8 Å². The number of ether oxygens (including phenoxy) is 1. The van der Waals surface area contributed by atoms with E-state index in [0.717, 1.165) is 5.56 Å². The summed E-state index contributed by atoms with van der Waals surface area (Å²) >= 11 is 0. The van der Waals surface area contributed by atoms with Crippen molar-refractivity contribution in [2.45, 2.75) is 6.61 Å². The first kappa shape index (κ1) is 8.62. The van der Waals surface area contributed by atoms with Crippen molar-refractivity contribution in [1.29, 1.82) is 0 Å². The molecule has 1 aromatic heterocycles. The number of aromatic hydroxyl groups is 1. The van der Waals surface area contributed by atoms with E-state index in [4.69, 9.17) is 4.74 Å². The SMILES string of the molecule is Oc1cccc(OCc2cn[nH]c2)c1. The third kappa shape index (κ3) is 2.04. The first-order chi connectivity index (χ1) is 6.84. The molecule has 1 heterocycles. The summed E-state index contributed by atoms with van der Waals surface area (Å²) in [5.74, 6) is 0.848. The summed E-state index contributed by atoms with van der Waals surface area (Å²) in [7, 11) is 0. The predicted molar refractivity (Wildman–Crippen MR) is 51.0 cm³/mol. The van der Waals surface area contributed by atoms with Gasteiger partial charge in [-0.1, -0.05) is 6.07 Å². The van der Waals surface area contributed by atoms with Gasteiger partial charge in [0.25, 0.3) is 0 Å². The molecular formula is C10H10N2O2. The fraction of sp³-hybridized carbons (Fsp3) is 0.100. The Balaban J connectivity index is 1.98. The van der Waals surface area contributed by atoms with Gasteiger partial charge >= 0.3 is 0 Å². The van der Waals surface area contributed by atoms with Crippen LogP contribution >= 0.6 is 0 Å². The van der Waals surface area contributed by atoms with Gasteiger partial charge in [0.05, 0.1) is 6.20 Å². The maximum absolute atomic E-state index is 9.17. The van der Waals surface area contributed by atoms with E-state index in [1.165, 1.54) is 0 Å². The third-order valence-corrected chi connectivity index (χ3v) is 1.78. The minimum Gasteiger partial charge on any atom is -0.508 e. The second-order valence-corrected chi connectivity index (χ2v) is 2.89. The number of benzene rings is 1. The Labute approximate surface area is 81.2 Å². The van der Waals surface area contributed by atoms with Gasteiger partial charge in [-0.3, -0.25) is 5.10 Å². The number of nitrogens with zero attached hydrogens (tertiary/aromatic N) is 1. The van der Waals surface area contributed by atoms with Gasteiger partial charge in [0.15, 0.2) is 0 Å². The minimum absolute atomic E-state index is 0.203. The van der Waals surface area contributed by atoms with E-state index in [-0.39, 0.29) is 5.75 Å². The smallest absolute Gasteiger partial charge is 0.123 e. The summed E-state index contributed by atoms with van der Waals surface area (Å²) < 4.78 is 5.41. The molecule has 4 heteroatoms. The van der Waals surface area contributed by atoms with Crippen LogP contribution in [0.15, 0.2) is 36.7 Å². The highest BCUT2D eigenvalue weighted by molar-refractivity contribution is 5.31. The fourth-order valence-corrected chi connectivity index (χ4v) is 1.10. The van der Waals surface area contributed by atoms with Gasteiger partial charge in [-0.25, -0.2) is 0 Å². The molecule has 0 aliphatic heterocycles. The first-order valence-corrected chi connectivity index (χ1v) is 4.24. The van der Waals surface area contributed by atoms with Crippen LogP contribution in [0.5, 0.6) is 11.5 Å². The summed E-state index contributed by atoms with van der Waals surface area (Å²) in [6, 6.07) is 6.70. The van der Waals surface area contributed by atoms with Crippen LogP contribution in [-0.4, -0.2) is 15.3 Å². The van der Waals surface area contributed by atoms with Crippen molar-refractivity contribution in [3.8, 4) is 11.5 Å². The molecule has 14 heavy (non-hydrogen) atoms. The van der Waals surface area contributed by atoms with Crippen LogP contribution in [0.4, 0.5) is 0 Å². The number of H-pyrrole nitrogens is 1. The molecule has 0 amide bonds. The van der Waals surface area contributed by atoms with Gasteiger partial charge in [0.2, 0.25) is 0 Å². The Bertz CT molecular complexity index is 398. The number of rotatable bonds is 3. The van der Waals surface area contributed by atoms with E-state index in [9.17, 15) is 5.11 Å². The molecule has 2 rings (SSSR count). The second-order valence-electron chi connectivity index (χ2n) is 2.89. The quantitative estimate of drug-likeness (QED) is 0.774. The summed E-state index contributed by atoms with van der Waals surface area (Å²) in [6.45, 7) is 0.444. The number of phenolic OH excluding ortho intramolecular Hbond substituents is 1. The van der Waals surface area contributed by atoms with Crippen LogP contribution in [-0.2, 0) is 6.61 Å². The summed E-state index contributed by atoms with van der Waals surface area (Å²) in [6.07, 6.45) is 3.46. The summed E-state index contributed by atoms with van der Waals surface area (Å²) in [5, 5.41) is 15.7. The Morgan fingerprint density at radius 3 is 3.07 bits per heavy atom. The molecule has 0 aliphatic rings. The zero-order valence-electron chi connectivity index (χ0n) is 7.47. The lowest BCUT2D eigenvalue weighted by Crippen LogP contribution is -1.93. The summed E-state index contributed by atoms with van der Waals surface area (Å²) in [5.41, 5.74) is 0.966. The van der Waals surface area contributed by atoms with Crippen LogP contribution < -0.4 is 4.74 Å². The monoisotopic (exact) mass is 190 g/mol. The number of hydrogen-bond donors (Lipinski definition) is 2. The lowest BCUT2D eigenvalue weighted by atomic mass is 10.3. The van der Waals surface area contributed by atoms with E-state index in [1.807, 2.05) is 0 Å². The van der Waals surface area contributed by atoms with E-state index in [2.05, 4.69) is 10.2 Å². The number of aromatic amines is 1.